The minimum absolute atomic E-state index is 0. The van der Waals surface area contributed by atoms with Crippen LogP contribution in [0.25, 0.3) is 0 Å². The van der Waals surface area contributed by atoms with Gasteiger partial charge in [-0.05, 0) is 24.1 Å². The first-order valence-electron chi connectivity index (χ1n) is 7.28. The van der Waals surface area contributed by atoms with Gasteiger partial charge < -0.3 is 10.6 Å². The summed E-state index contributed by atoms with van der Waals surface area (Å²) in [5.74, 6) is 0.517. The van der Waals surface area contributed by atoms with E-state index in [0.717, 1.165) is 55.3 Å². The number of rotatable bonds is 3. The molecule has 7 heteroatoms. The molecule has 1 aliphatic heterocycles. The molecule has 1 aromatic heterocycles. The number of halogens is 3. The molecule has 0 spiro atoms. The van der Waals surface area contributed by atoms with Crippen LogP contribution in [0.2, 0.25) is 5.02 Å². The number of benzene rings is 1. The SMILES string of the molecule is Cl.Cl.Nc1cnc2c(n1)CCN(CCc1ccc(Cl)cc1)CC2. The molecule has 2 aromatic rings. The number of hydrogen-bond donors (Lipinski definition) is 1. The maximum Gasteiger partial charge on any atom is 0.142 e. The summed E-state index contributed by atoms with van der Waals surface area (Å²) in [6, 6.07) is 8.09. The normalized spacial score (nSPS) is 14.1. The predicted molar refractivity (Wildman–Crippen MR) is 99.9 cm³/mol. The topological polar surface area (TPSA) is 55.0 Å². The van der Waals surface area contributed by atoms with E-state index in [4.69, 9.17) is 17.3 Å². The van der Waals surface area contributed by atoms with Gasteiger partial charge in [-0.2, -0.15) is 0 Å². The Morgan fingerprint density at radius 2 is 1.70 bits per heavy atom. The van der Waals surface area contributed by atoms with Gasteiger partial charge in [-0.1, -0.05) is 23.7 Å². The molecule has 1 aliphatic rings. The first kappa shape index (κ1) is 20.0. The Morgan fingerprint density at radius 1 is 1.04 bits per heavy atom. The first-order valence-corrected chi connectivity index (χ1v) is 7.65. The van der Waals surface area contributed by atoms with Crippen LogP contribution in [0.15, 0.2) is 30.5 Å². The maximum absolute atomic E-state index is 5.91. The highest BCUT2D eigenvalue weighted by molar-refractivity contribution is 6.30. The quantitative estimate of drug-likeness (QED) is 0.895. The van der Waals surface area contributed by atoms with Crippen LogP contribution in [-0.2, 0) is 19.3 Å². The summed E-state index contributed by atoms with van der Waals surface area (Å²) in [4.78, 5) is 11.3. The van der Waals surface area contributed by atoms with Gasteiger partial charge in [0.2, 0.25) is 0 Å². The van der Waals surface area contributed by atoms with E-state index >= 15 is 0 Å². The van der Waals surface area contributed by atoms with Crippen molar-refractivity contribution in [2.24, 2.45) is 0 Å². The van der Waals surface area contributed by atoms with Crippen LogP contribution in [0.5, 0.6) is 0 Å². The van der Waals surface area contributed by atoms with E-state index in [9.17, 15) is 0 Å². The third-order valence-corrected chi connectivity index (χ3v) is 4.16. The number of hydrogen-bond acceptors (Lipinski definition) is 4. The van der Waals surface area contributed by atoms with Crippen LogP contribution in [0.4, 0.5) is 5.82 Å². The molecular weight excluding hydrogens is 355 g/mol. The maximum atomic E-state index is 5.91. The van der Waals surface area contributed by atoms with E-state index in [2.05, 4.69) is 27.0 Å². The summed E-state index contributed by atoms with van der Waals surface area (Å²) < 4.78 is 0. The lowest BCUT2D eigenvalue weighted by Gasteiger charge is -2.19. The molecule has 1 aromatic carbocycles. The largest absolute Gasteiger partial charge is 0.382 e. The fraction of sp³-hybridized carbons (Fsp3) is 0.375. The number of nitrogens with two attached hydrogens (primary N) is 1. The van der Waals surface area contributed by atoms with Crippen LogP contribution in [0.3, 0.4) is 0 Å². The van der Waals surface area contributed by atoms with Crippen LogP contribution in [0, 0.1) is 0 Å². The molecule has 0 saturated heterocycles. The molecule has 0 saturated carbocycles. The number of aromatic nitrogens is 2. The van der Waals surface area contributed by atoms with Crippen molar-refractivity contribution in [2.45, 2.75) is 19.3 Å². The number of nitrogen functional groups attached to an aromatic ring is 1. The van der Waals surface area contributed by atoms with Crippen molar-refractivity contribution in [3.63, 3.8) is 0 Å². The van der Waals surface area contributed by atoms with Gasteiger partial charge in [0.1, 0.15) is 5.82 Å². The summed E-state index contributed by atoms with van der Waals surface area (Å²) in [5, 5.41) is 0.790. The average Bonchev–Trinajstić information content (AvgIpc) is 2.69. The Hall–Kier alpha value is -1.07. The van der Waals surface area contributed by atoms with E-state index < -0.39 is 0 Å². The molecule has 0 atom stereocenters. The summed E-state index contributed by atoms with van der Waals surface area (Å²) in [6.45, 7) is 3.09. The molecule has 2 heterocycles. The van der Waals surface area contributed by atoms with Gasteiger partial charge in [0.15, 0.2) is 0 Å². The van der Waals surface area contributed by atoms with Crippen LogP contribution in [-0.4, -0.2) is 34.5 Å². The predicted octanol–water partition coefficient (Wildman–Crippen LogP) is 3.20. The van der Waals surface area contributed by atoms with E-state index in [1.165, 1.54) is 5.56 Å². The standard InChI is InChI=1S/C16H19ClN4.2ClH/c17-13-3-1-12(2-4-13)5-8-21-9-6-14-15(7-10-21)20-16(18)11-19-14;;/h1-4,11H,5-10H2,(H2,18,20);2*1H. The van der Waals surface area contributed by atoms with E-state index in [-0.39, 0.29) is 24.8 Å². The minimum Gasteiger partial charge on any atom is -0.382 e. The van der Waals surface area contributed by atoms with Crippen molar-refractivity contribution in [2.75, 3.05) is 25.4 Å². The molecule has 0 amide bonds. The van der Waals surface area contributed by atoms with Crippen LogP contribution < -0.4 is 5.73 Å². The van der Waals surface area contributed by atoms with Crippen LogP contribution in [0.1, 0.15) is 17.0 Å². The molecule has 2 N–H and O–H groups in total. The van der Waals surface area contributed by atoms with E-state index in [1.807, 2.05) is 12.1 Å². The summed E-state index contributed by atoms with van der Waals surface area (Å²) in [5.41, 5.74) is 9.19. The van der Waals surface area contributed by atoms with Crippen molar-refractivity contribution in [3.8, 4) is 0 Å². The van der Waals surface area contributed by atoms with Gasteiger partial charge in [0.25, 0.3) is 0 Å². The Bertz CT molecular complexity index is 619. The lowest BCUT2D eigenvalue weighted by molar-refractivity contribution is 0.290. The van der Waals surface area contributed by atoms with Gasteiger partial charge in [0.05, 0.1) is 17.6 Å². The van der Waals surface area contributed by atoms with Crippen molar-refractivity contribution < 1.29 is 0 Å². The van der Waals surface area contributed by atoms with Gasteiger partial charge in [-0.25, -0.2) is 4.98 Å². The van der Waals surface area contributed by atoms with Crippen molar-refractivity contribution in [1.29, 1.82) is 0 Å². The summed E-state index contributed by atoms with van der Waals surface area (Å²) >= 11 is 5.91. The fourth-order valence-corrected chi connectivity index (χ4v) is 2.80. The Kier molecular flexibility index (Phi) is 8.06. The summed E-state index contributed by atoms with van der Waals surface area (Å²) in [7, 11) is 0. The van der Waals surface area contributed by atoms with Gasteiger partial charge in [-0.15, -0.1) is 24.8 Å². The fourth-order valence-electron chi connectivity index (χ4n) is 2.68. The molecule has 0 fully saturated rings. The smallest absolute Gasteiger partial charge is 0.142 e. The zero-order valence-electron chi connectivity index (χ0n) is 12.7. The van der Waals surface area contributed by atoms with Crippen molar-refractivity contribution >= 4 is 42.2 Å². The molecule has 0 unspecified atom stereocenters. The highest BCUT2D eigenvalue weighted by Crippen LogP contribution is 2.14. The zero-order chi connectivity index (χ0) is 14.7. The Morgan fingerprint density at radius 3 is 2.39 bits per heavy atom. The second-order valence-corrected chi connectivity index (χ2v) is 5.84. The summed E-state index contributed by atoms with van der Waals surface area (Å²) in [6.07, 6.45) is 4.57. The van der Waals surface area contributed by atoms with Crippen molar-refractivity contribution in [1.82, 2.24) is 14.9 Å². The molecule has 0 bridgehead atoms. The molecule has 23 heavy (non-hydrogen) atoms. The second-order valence-electron chi connectivity index (χ2n) is 5.41. The number of fused-ring (bicyclic) bond motifs is 1. The Labute approximate surface area is 154 Å². The number of anilines is 1. The minimum atomic E-state index is 0. The van der Waals surface area contributed by atoms with Gasteiger partial charge in [-0.3, -0.25) is 4.98 Å². The third kappa shape index (κ3) is 5.50. The average molecular weight is 376 g/mol. The highest BCUT2D eigenvalue weighted by Gasteiger charge is 2.16. The molecule has 0 radical (unpaired) electrons. The Balaban J connectivity index is 0.00000132. The van der Waals surface area contributed by atoms with Gasteiger partial charge in [0, 0.05) is 37.5 Å². The molecular formula is C16H21Cl3N4. The highest BCUT2D eigenvalue weighted by atomic mass is 35.5. The monoisotopic (exact) mass is 374 g/mol. The van der Waals surface area contributed by atoms with E-state index in [1.54, 1.807) is 6.20 Å². The lowest BCUT2D eigenvalue weighted by atomic mass is 10.1. The molecule has 0 aliphatic carbocycles. The zero-order valence-corrected chi connectivity index (χ0v) is 15.1. The van der Waals surface area contributed by atoms with Crippen molar-refractivity contribution in [3.05, 3.63) is 52.4 Å². The molecule has 4 nitrogen and oxygen atoms in total. The number of nitrogens with zero attached hydrogens (tertiary/aromatic N) is 3. The first-order chi connectivity index (χ1) is 10.2. The van der Waals surface area contributed by atoms with Crippen LogP contribution >= 0.6 is 36.4 Å². The van der Waals surface area contributed by atoms with E-state index in [0.29, 0.717) is 5.82 Å². The third-order valence-electron chi connectivity index (χ3n) is 3.91. The second kappa shape index (κ2) is 9.28. The molecule has 3 rings (SSSR count). The lowest BCUT2D eigenvalue weighted by Crippen LogP contribution is -2.28. The molecule has 126 valence electrons. The van der Waals surface area contributed by atoms with Gasteiger partial charge >= 0.3 is 0 Å².